The Hall–Kier alpha value is -1.29. The molecule has 0 radical (unpaired) electrons. The molecule has 1 aromatic rings. The molecular weight excluding hydrogens is 238 g/mol. The van der Waals surface area contributed by atoms with Crippen LogP contribution in [0.15, 0.2) is 12.3 Å². The van der Waals surface area contributed by atoms with Crippen LogP contribution in [-0.2, 0) is 0 Å². The first-order valence-electron chi connectivity index (χ1n) is 6.99. The molecule has 4 heteroatoms. The van der Waals surface area contributed by atoms with Crippen LogP contribution in [0, 0.1) is 6.92 Å². The van der Waals surface area contributed by atoms with Crippen molar-refractivity contribution in [3.05, 3.63) is 18.0 Å². The van der Waals surface area contributed by atoms with E-state index < -0.39 is 0 Å². The van der Waals surface area contributed by atoms with Crippen LogP contribution in [0.3, 0.4) is 0 Å². The van der Waals surface area contributed by atoms with Crippen molar-refractivity contribution < 1.29 is 4.74 Å². The maximum Gasteiger partial charge on any atom is 0.160 e. The molecule has 0 fully saturated rings. The van der Waals surface area contributed by atoms with Gasteiger partial charge >= 0.3 is 0 Å². The lowest BCUT2D eigenvalue weighted by Gasteiger charge is -2.20. The first-order chi connectivity index (χ1) is 9.04. The number of nitrogens with zero attached hydrogens (tertiary/aromatic N) is 2. The minimum absolute atomic E-state index is 0.621. The van der Waals surface area contributed by atoms with Gasteiger partial charge in [-0.3, -0.25) is 4.98 Å². The minimum atomic E-state index is 0.621. The van der Waals surface area contributed by atoms with Crippen molar-refractivity contribution in [1.82, 2.24) is 9.88 Å². The smallest absolute Gasteiger partial charge is 0.160 e. The number of unbranched alkanes of at least 4 members (excludes halogenated alkanes) is 1. The van der Waals surface area contributed by atoms with Crippen LogP contribution in [0.2, 0.25) is 0 Å². The lowest BCUT2D eigenvalue weighted by atomic mass is 10.2. The number of pyridine rings is 1. The number of aryl methyl sites for hydroxylation is 1. The third-order valence-electron chi connectivity index (χ3n) is 3.36. The Bertz CT molecular complexity index is 380. The van der Waals surface area contributed by atoms with Crippen molar-refractivity contribution in [3.63, 3.8) is 0 Å². The molecule has 0 spiro atoms. The highest BCUT2D eigenvalue weighted by Gasteiger charge is 2.04. The molecule has 0 unspecified atom stereocenters. The summed E-state index contributed by atoms with van der Waals surface area (Å²) in [5, 5.41) is 3.42. The second-order valence-corrected chi connectivity index (χ2v) is 5.23. The molecule has 1 aromatic heterocycles. The Morgan fingerprint density at radius 1 is 1.37 bits per heavy atom. The molecule has 0 atom stereocenters. The first kappa shape index (κ1) is 15.8. The average Bonchev–Trinajstić information content (AvgIpc) is 2.38. The van der Waals surface area contributed by atoms with Crippen molar-refractivity contribution in [2.24, 2.45) is 0 Å². The van der Waals surface area contributed by atoms with E-state index in [0.717, 1.165) is 36.6 Å². The van der Waals surface area contributed by atoms with Crippen LogP contribution in [0.4, 0.5) is 5.69 Å². The average molecular weight is 265 g/mol. The van der Waals surface area contributed by atoms with Crippen molar-refractivity contribution >= 4 is 5.69 Å². The summed E-state index contributed by atoms with van der Waals surface area (Å²) in [7, 11) is 3.85. The number of hydrogen-bond acceptors (Lipinski definition) is 4. The fourth-order valence-electron chi connectivity index (χ4n) is 1.82. The summed E-state index contributed by atoms with van der Waals surface area (Å²) in [6.45, 7) is 8.55. The number of anilines is 1. The molecule has 1 rings (SSSR count). The van der Waals surface area contributed by atoms with Gasteiger partial charge in [0.2, 0.25) is 0 Å². The quantitative estimate of drug-likeness (QED) is 0.733. The lowest BCUT2D eigenvalue weighted by Crippen LogP contribution is -2.27. The number of nitrogens with one attached hydrogen (secondary N) is 1. The number of aromatic nitrogens is 1. The van der Waals surface area contributed by atoms with Crippen molar-refractivity contribution in [2.45, 2.75) is 39.7 Å². The largest absolute Gasteiger partial charge is 0.493 e. The van der Waals surface area contributed by atoms with Gasteiger partial charge < -0.3 is 15.0 Å². The van der Waals surface area contributed by atoms with Gasteiger partial charge in [-0.05, 0) is 53.3 Å². The van der Waals surface area contributed by atoms with E-state index in [-0.39, 0.29) is 0 Å². The molecule has 0 amide bonds. The van der Waals surface area contributed by atoms with E-state index in [0.29, 0.717) is 6.04 Å². The summed E-state index contributed by atoms with van der Waals surface area (Å²) < 4.78 is 5.29. The lowest BCUT2D eigenvalue weighted by molar-refractivity contribution is 0.269. The zero-order chi connectivity index (χ0) is 14.3. The summed E-state index contributed by atoms with van der Waals surface area (Å²) in [5.41, 5.74) is 2.04. The summed E-state index contributed by atoms with van der Waals surface area (Å²) >= 11 is 0. The van der Waals surface area contributed by atoms with Crippen LogP contribution in [-0.4, -0.2) is 43.2 Å². The molecule has 108 valence electrons. The number of hydrogen-bond donors (Lipinski definition) is 1. The third kappa shape index (κ3) is 5.47. The number of ether oxygens (including phenoxy) is 1. The van der Waals surface area contributed by atoms with E-state index in [9.17, 15) is 0 Å². The van der Waals surface area contributed by atoms with Crippen molar-refractivity contribution in [1.29, 1.82) is 0 Å². The molecule has 19 heavy (non-hydrogen) atoms. The van der Waals surface area contributed by atoms with Gasteiger partial charge in [0.25, 0.3) is 0 Å². The predicted molar refractivity (Wildman–Crippen MR) is 81.0 cm³/mol. The Morgan fingerprint density at radius 2 is 2.11 bits per heavy atom. The van der Waals surface area contributed by atoms with Gasteiger partial charge in [0, 0.05) is 18.3 Å². The highest BCUT2D eigenvalue weighted by molar-refractivity contribution is 5.55. The van der Waals surface area contributed by atoms with E-state index in [1.807, 2.05) is 13.0 Å². The molecule has 0 bridgehead atoms. The molecule has 0 saturated heterocycles. The van der Waals surface area contributed by atoms with Crippen LogP contribution in [0.25, 0.3) is 0 Å². The molecule has 0 aromatic carbocycles. The van der Waals surface area contributed by atoms with Gasteiger partial charge in [-0.15, -0.1) is 0 Å². The van der Waals surface area contributed by atoms with Gasteiger partial charge in [-0.25, -0.2) is 0 Å². The highest BCUT2D eigenvalue weighted by Crippen LogP contribution is 2.23. The predicted octanol–water partition coefficient (Wildman–Crippen LogP) is 2.93. The van der Waals surface area contributed by atoms with Crippen LogP contribution >= 0.6 is 0 Å². The van der Waals surface area contributed by atoms with Gasteiger partial charge in [0.1, 0.15) is 0 Å². The Balaban J connectivity index is 2.31. The molecule has 4 nitrogen and oxygen atoms in total. The van der Waals surface area contributed by atoms with E-state index in [1.165, 1.54) is 6.42 Å². The van der Waals surface area contributed by atoms with Gasteiger partial charge in [-0.1, -0.05) is 0 Å². The van der Waals surface area contributed by atoms with E-state index in [4.69, 9.17) is 4.74 Å². The maximum absolute atomic E-state index is 5.29. The molecule has 1 heterocycles. The number of methoxy groups -OCH3 is 1. The Morgan fingerprint density at radius 3 is 2.74 bits per heavy atom. The fourth-order valence-corrected chi connectivity index (χ4v) is 1.82. The number of rotatable bonds is 8. The third-order valence-corrected chi connectivity index (χ3v) is 3.36. The monoisotopic (exact) mass is 265 g/mol. The zero-order valence-electron chi connectivity index (χ0n) is 12.9. The van der Waals surface area contributed by atoms with E-state index in [2.05, 4.69) is 36.1 Å². The van der Waals surface area contributed by atoms with Crippen LogP contribution < -0.4 is 10.1 Å². The standard InChI is InChI=1S/C15H27N3O/c1-12(2)18(4)9-7-6-8-16-14-10-13(3)17-11-15(14)19-5/h10-12H,6-9H2,1-5H3,(H,16,17). The second kappa shape index (κ2) is 8.00. The van der Waals surface area contributed by atoms with E-state index in [1.54, 1.807) is 13.3 Å². The Kier molecular flexibility index (Phi) is 6.64. The highest BCUT2D eigenvalue weighted by atomic mass is 16.5. The van der Waals surface area contributed by atoms with Crippen molar-refractivity contribution in [3.8, 4) is 5.75 Å². The second-order valence-electron chi connectivity index (χ2n) is 5.23. The molecule has 0 aliphatic carbocycles. The Labute approximate surface area is 117 Å². The summed E-state index contributed by atoms with van der Waals surface area (Å²) in [6.07, 6.45) is 4.12. The topological polar surface area (TPSA) is 37.4 Å². The maximum atomic E-state index is 5.29. The zero-order valence-corrected chi connectivity index (χ0v) is 12.9. The van der Waals surface area contributed by atoms with Crippen LogP contribution in [0.1, 0.15) is 32.4 Å². The first-order valence-corrected chi connectivity index (χ1v) is 6.99. The minimum Gasteiger partial charge on any atom is -0.493 e. The molecule has 0 aliphatic heterocycles. The van der Waals surface area contributed by atoms with E-state index >= 15 is 0 Å². The molecular formula is C15H27N3O. The SMILES string of the molecule is COc1cnc(C)cc1NCCCCN(C)C(C)C. The summed E-state index contributed by atoms with van der Waals surface area (Å²) in [4.78, 5) is 6.60. The summed E-state index contributed by atoms with van der Waals surface area (Å²) in [5.74, 6) is 0.810. The van der Waals surface area contributed by atoms with Gasteiger partial charge in [0.15, 0.2) is 5.75 Å². The molecule has 0 aliphatic rings. The van der Waals surface area contributed by atoms with Gasteiger partial charge in [-0.2, -0.15) is 0 Å². The normalized spacial score (nSPS) is 11.1. The molecule has 1 N–H and O–H groups in total. The molecule has 0 saturated carbocycles. The fraction of sp³-hybridized carbons (Fsp3) is 0.667. The van der Waals surface area contributed by atoms with Gasteiger partial charge in [0.05, 0.1) is 19.0 Å². The van der Waals surface area contributed by atoms with Crippen molar-refractivity contribution in [2.75, 3.05) is 32.6 Å². The van der Waals surface area contributed by atoms with Crippen LogP contribution in [0.5, 0.6) is 5.75 Å². The summed E-state index contributed by atoms with van der Waals surface area (Å²) in [6, 6.07) is 2.65.